The number of likely N-dealkylation sites (N-methyl/N-ethyl adjacent to an activating group) is 1. The number of carbonyl (C=O) groups is 1. The molecule has 0 saturated carbocycles. The number of aromatic amines is 1. The van der Waals surface area contributed by atoms with Gasteiger partial charge >= 0.3 is 0 Å². The minimum Gasteiger partial charge on any atom is -0.378 e. The van der Waals surface area contributed by atoms with E-state index in [4.69, 9.17) is 30.1 Å². The quantitative estimate of drug-likeness (QED) is 0.0908. The smallest absolute Gasteiger partial charge is 0.280 e. The fourth-order valence-corrected chi connectivity index (χ4v) is 5.26. The second-order valence-corrected chi connectivity index (χ2v) is 10.8. The highest BCUT2D eigenvalue weighted by Gasteiger charge is 2.71. The van der Waals surface area contributed by atoms with Crippen LogP contribution in [0.2, 0.25) is 0 Å². The van der Waals surface area contributed by atoms with Crippen molar-refractivity contribution in [1.82, 2.24) is 24.6 Å². The van der Waals surface area contributed by atoms with Gasteiger partial charge in [-0.1, -0.05) is 13.8 Å². The third-order valence-electron chi connectivity index (χ3n) is 6.97. The molecule has 4 rings (SSSR count). The number of anilines is 1. The Morgan fingerprint density at radius 3 is 2.80 bits per heavy atom. The second-order valence-electron chi connectivity index (χ2n) is 10.1. The van der Waals surface area contributed by atoms with E-state index < -0.39 is 43.9 Å². The molecule has 0 aromatic carbocycles. The number of amides is 1. The lowest BCUT2D eigenvalue weighted by atomic mass is 9.81. The number of hydrogen-bond donors (Lipinski definition) is 7. The number of rotatable bonds is 11. The number of ether oxygens (including phenoxy) is 3. The molecule has 40 heavy (non-hydrogen) atoms. The van der Waals surface area contributed by atoms with Gasteiger partial charge in [0.15, 0.2) is 23.0 Å². The number of nitrogens with one attached hydrogen (secondary N) is 2. The van der Waals surface area contributed by atoms with Crippen molar-refractivity contribution >= 4 is 31.5 Å². The number of hydroxylamine groups is 2. The van der Waals surface area contributed by atoms with Crippen molar-refractivity contribution in [1.29, 1.82) is 0 Å². The molecule has 224 valence electrons. The molecule has 0 spiro atoms. The number of nitrogens with zero attached hydrogens (tertiary/aromatic N) is 4. The standard InChI is InChI=1S/C22H37N8O9P/c1-12(2)17(31)27-20-26-16-15(18(32)28-20)25-11-30(16)19-21(33,13-6-4-5-8-36-13)22(34,14(10-23)38-19)37-9-7-29(3)39-40(24)35/h11-14,19,33-35H,4-10,23-24H2,1-3H3,(H2,26,27,28,31,32)/t13?,14-,19-,21+,22+,40?/m1/s1. The van der Waals surface area contributed by atoms with Crippen LogP contribution in [0.4, 0.5) is 5.95 Å². The van der Waals surface area contributed by atoms with Gasteiger partial charge in [-0.3, -0.25) is 30.0 Å². The Kier molecular flexibility index (Phi) is 9.53. The molecule has 9 N–H and O–H groups in total. The van der Waals surface area contributed by atoms with Gasteiger partial charge in [0.05, 0.1) is 19.0 Å². The van der Waals surface area contributed by atoms with Crippen molar-refractivity contribution in [3.63, 3.8) is 0 Å². The van der Waals surface area contributed by atoms with Crippen LogP contribution < -0.4 is 22.1 Å². The monoisotopic (exact) mass is 588 g/mol. The Morgan fingerprint density at radius 2 is 2.17 bits per heavy atom. The Bertz CT molecular complexity index is 1240. The van der Waals surface area contributed by atoms with Crippen LogP contribution in [0.3, 0.4) is 0 Å². The van der Waals surface area contributed by atoms with E-state index in [2.05, 4.69) is 20.3 Å². The summed E-state index contributed by atoms with van der Waals surface area (Å²) in [5, 5.41) is 28.1. The molecule has 4 heterocycles. The number of imidazole rings is 1. The van der Waals surface area contributed by atoms with Gasteiger partial charge in [0.25, 0.3) is 14.1 Å². The summed E-state index contributed by atoms with van der Waals surface area (Å²) in [6.45, 7) is 3.30. The zero-order valence-corrected chi connectivity index (χ0v) is 23.4. The fourth-order valence-electron chi connectivity index (χ4n) is 4.90. The average molecular weight is 589 g/mol. The molecule has 0 radical (unpaired) electrons. The number of fused-ring (bicyclic) bond motifs is 1. The summed E-state index contributed by atoms with van der Waals surface area (Å²) in [7, 11) is -0.655. The number of aliphatic hydroxyl groups is 2. The normalized spacial score (nSPS) is 29.9. The fraction of sp³-hybridized carbons (Fsp3) is 0.727. The summed E-state index contributed by atoms with van der Waals surface area (Å²) in [5.74, 6) is -3.27. The highest BCUT2D eigenvalue weighted by molar-refractivity contribution is 7.43. The highest BCUT2D eigenvalue weighted by Crippen LogP contribution is 2.51. The van der Waals surface area contributed by atoms with Crippen LogP contribution >= 0.6 is 8.53 Å². The SMILES string of the molecule is CC(C)C(=O)Nc1nc2c(ncn2[C@@H]2O[C@H](CN)[C@](O)(OCCN(C)OP(N)O)[C@]2(O)C2CCCCO2)c(=O)[nH]1. The van der Waals surface area contributed by atoms with Crippen LogP contribution in [0, 0.1) is 5.92 Å². The summed E-state index contributed by atoms with van der Waals surface area (Å²) in [6.07, 6.45) is -0.563. The topological polar surface area (TPSA) is 246 Å². The van der Waals surface area contributed by atoms with E-state index in [1.165, 1.54) is 23.0 Å². The number of nitrogens with two attached hydrogens (primary N) is 2. The Morgan fingerprint density at radius 1 is 1.43 bits per heavy atom. The number of hydrogen-bond acceptors (Lipinski definition) is 14. The van der Waals surface area contributed by atoms with Gasteiger partial charge in [-0.25, -0.2) is 9.61 Å². The van der Waals surface area contributed by atoms with E-state index in [-0.39, 0.29) is 48.6 Å². The van der Waals surface area contributed by atoms with Gasteiger partial charge in [0.2, 0.25) is 17.6 Å². The van der Waals surface area contributed by atoms with Crippen molar-refractivity contribution in [2.24, 2.45) is 17.2 Å². The molecule has 0 aliphatic carbocycles. The molecule has 2 aromatic heterocycles. The Hall–Kier alpha value is -2.15. The van der Waals surface area contributed by atoms with Gasteiger partial charge in [0, 0.05) is 32.7 Å². The van der Waals surface area contributed by atoms with Gasteiger partial charge in [-0.2, -0.15) is 10.0 Å². The molecule has 1 amide bonds. The van der Waals surface area contributed by atoms with Crippen LogP contribution in [0.15, 0.2) is 11.1 Å². The minimum absolute atomic E-state index is 0.0190. The molecular weight excluding hydrogens is 551 g/mol. The second kappa shape index (κ2) is 12.4. The summed E-state index contributed by atoms with van der Waals surface area (Å²) >= 11 is 0. The van der Waals surface area contributed by atoms with Gasteiger partial charge in [-0.15, -0.1) is 0 Å². The van der Waals surface area contributed by atoms with Crippen molar-refractivity contribution in [3.05, 3.63) is 16.7 Å². The van der Waals surface area contributed by atoms with Crippen LogP contribution in [0.25, 0.3) is 11.2 Å². The number of aromatic nitrogens is 4. The number of carbonyl (C=O) groups excluding carboxylic acids is 1. The summed E-state index contributed by atoms with van der Waals surface area (Å²) in [5.41, 5.74) is 8.27. The largest absolute Gasteiger partial charge is 0.378 e. The van der Waals surface area contributed by atoms with E-state index in [0.717, 1.165) is 6.42 Å². The predicted octanol–water partition coefficient (Wildman–Crippen LogP) is -1.38. The molecule has 2 aliphatic rings. The molecule has 2 aromatic rings. The van der Waals surface area contributed by atoms with Gasteiger partial charge in [-0.05, 0) is 19.3 Å². The minimum atomic E-state index is -2.39. The van der Waals surface area contributed by atoms with E-state index in [0.29, 0.717) is 19.4 Å². The summed E-state index contributed by atoms with van der Waals surface area (Å²) in [6, 6.07) is 0. The summed E-state index contributed by atoms with van der Waals surface area (Å²) in [4.78, 5) is 45.3. The lowest BCUT2D eigenvalue weighted by Crippen LogP contribution is -2.67. The summed E-state index contributed by atoms with van der Waals surface area (Å²) < 4.78 is 24.2. The van der Waals surface area contributed by atoms with Crippen LogP contribution in [-0.4, -0.2) is 103 Å². The van der Waals surface area contributed by atoms with E-state index >= 15 is 0 Å². The lowest BCUT2D eigenvalue weighted by Gasteiger charge is -2.45. The third kappa shape index (κ3) is 5.77. The van der Waals surface area contributed by atoms with E-state index in [1.807, 2.05) is 0 Å². The van der Waals surface area contributed by atoms with Crippen molar-refractivity contribution in [2.75, 3.05) is 38.7 Å². The first-order valence-corrected chi connectivity index (χ1v) is 14.2. The molecule has 6 atom stereocenters. The van der Waals surface area contributed by atoms with Crippen molar-refractivity contribution < 1.29 is 38.7 Å². The van der Waals surface area contributed by atoms with E-state index in [1.54, 1.807) is 13.8 Å². The van der Waals surface area contributed by atoms with E-state index in [9.17, 15) is 24.7 Å². The van der Waals surface area contributed by atoms with Gasteiger partial charge < -0.3 is 35.1 Å². The molecule has 2 fully saturated rings. The molecule has 2 saturated heterocycles. The van der Waals surface area contributed by atoms with Crippen LogP contribution in [0.1, 0.15) is 39.3 Å². The first kappa shape index (κ1) is 30.8. The van der Waals surface area contributed by atoms with Crippen LogP contribution in [-0.2, 0) is 23.6 Å². The van der Waals surface area contributed by atoms with Crippen molar-refractivity contribution in [2.45, 2.75) is 62.9 Å². The maximum Gasteiger partial charge on any atom is 0.280 e. The molecule has 2 unspecified atom stereocenters. The lowest BCUT2D eigenvalue weighted by molar-refractivity contribution is -0.328. The van der Waals surface area contributed by atoms with Gasteiger partial charge in [0.1, 0.15) is 6.10 Å². The molecular formula is C22H37N8O9P. The zero-order valence-electron chi connectivity index (χ0n) is 22.5. The first-order chi connectivity index (χ1) is 18.9. The maximum atomic E-state index is 12.8. The Labute approximate surface area is 230 Å². The molecule has 0 bridgehead atoms. The third-order valence-corrected chi connectivity index (χ3v) is 7.41. The maximum absolute atomic E-state index is 12.8. The Balaban J connectivity index is 1.75. The molecule has 17 nitrogen and oxygen atoms in total. The zero-order chi connectivity index (χ0) is 29.2. The van der Waals surface area contributed by atoms with Crippen LogP contribution in [0.5, 0.6) is 0 Å². The average Bonchev–Trinajstić information content (AvgIpc) is 3.41. The molecule has 2 aliphatic heterocycles. The first-order valence-electron chi connectivity index (χ1n) is 12.9. The molecule has 18 heteroatoms. The highest BCUT2D eigenvalue weighted by atomic mass is 31.2. The predicted molar refractivity (Wildman–Crippen MR) is 141 cm³/mol. The van der Waals surface area contributed by atoms with Crippen molar-refractivity contribution in [3.8, 4) is 0 Å². The number of H-pyrrole nitrogens is 1.